The molecule has 2 aromatic rings. The lowest BCUT2D eigenvalue weighted by Crippen LogP contribution is -2.35. The number of rotatable bonds is 3. The lowest BCUT2D eigenvalue weighted by atomic mass is 9.90. The number of aromatic nitrogens is 2. The van der Waals surface area contributed by atoms with E-state index in [4.69, 9.17) is 5.10 Å². The van der Waals surface area contributed by atoms with Gasteiger partial charge in [-0.25, -0.2) is 4.68 Å². The summed E-state index contributed by atoms with van der Waals surface area (Å²) in [6.07, 6.45) is 4.40. The number of nitrogens with zero attached hydrogens (tertiary/aromatic N) is 3. The van der Waals surface area contributed by atoms with E-state index in [9.17, 15) is 14.7 Å². The van der Waals surface area contributed by atoms with Crippen LogP contribution in [0.15, 0.2) is 24.3 Å². The minimum Gasteiger partial charge on any atom is -0.481 e. The molecule has 4 rings (SSSR count). The van der Waals surface area contributed by atoms with Gasteiger partial charge in [0.1, 0.15) is 0 Å². The summed E-state index contributed by atoms with van der Waals surface area (Å²) >= 11 is 0. The quantitative estimate of drug-likeness (QED) is 0.905. The van der Waals surface area contributed by atoms with Crippen LogP contribution < -0.4 is 0 Å². The van der Waals surface area contributed by atoms with Crippen LogP contribution in [0.3, 0.4) is 0 Å². The average Bonchev–Trinajstić information content (AvgIpc) is 3.24. The molecule has 1 saturated heterocycles. The number of hydrogen-bond acceptors (Lipinski definition) is 3. The molecular formula is C21H25N3O3. The first kappa shape index (κ1) is 17.8. The van der Waals surface area contributed by atoms with Gasteiger partial charge in [0.25, 0.3) is 5.91 Å². The highest BCUT2D eigenvalue weighted by molar-refractivity contribution is 5.95. The van der Waals surface area contributed by atoms with Gasteiger partial charge in [0, 0.05) is 24.3 Å². The van der Waals surface area contributed by atoms with Crippen molar-refractivity contribution in [3.05, 3.63) is 46.8 Å². The van der Waals surface area contributed by atoms with Crippen molar-refractivity contribution in [3.8, 4) is 5.69 Å². The second-order valence-electron chi connectivity index (χ2n) is 8.07. The molecule has 0 bridgehead atoms. The summed E-state index contributed by atoms with van der Waals surface area (Å²) in [5.41, 5.74) is 3.94. The van der Waals surface area contributed by atoms with Crippen LogP contribution in [0.25, 0.3) is 5.69 Å². The summed E-state index contributed by atoms with van der Waals surface area (Å²) in [4.78, 5) is 26.4. The molecule has 1 N–H and O–H groups in total. The molecular weight excluding hydrogens is 342 g/mol. The van der Waals surface area contributed by atoms with E-state index >= 15 is 0 Å². The zero-order chi connectivity index (χ0) is 19.2. The van der Waals surface area contributed by atoms with E-state index in [1.165, 1.54) is 5.56 Å². The fraction of sp³-hybridized carbons (Fsp3) is 0.476. The topological polar surface area (TPSA) is 75.4 Å². The van der Waals surface area contributed by atoms with Gasteiger partial charge in [-0.15, -0.1) is 0 Å². The van der Waals surface area contributed by atoms with E-state index in [-0.39, 0.29) is 12.5 Å². The highest BCUT2D eigenvalue weighted by Gasteiger charge is 2.43. The van der Waals surface area contributed by atoms with Crippen molar-refractivity contribution in [1.29, 1.82) is 0 Å². The number of aliphatic carboxylic acids is 1. The van der Waals surface area contributed by atoms with Crippen LogP contribution in [0.2, 0.25) is 0 Å². The number of aryl methyl sites for hydroxylation is 1. The van der Waals surface area contributed by atoms with E-state index < -0.39 is 11.4 Å². The molecule has 0 saturated carbocycles. The summed E-state index contributed by atoms with van der Waals surface area (Å²) < 4.78 is 1.91. The third kappa shape index (κ3) is 3.03. The van der Waals surface area contributed by atoms with Gasteiger partial charge in [0.05, 0.1) is 11.1 Å². The largest absolute Gasteiger partial charge is 0.481 e. The molecule has 6 nitrogen and oxygen atoms in total. The Morgan fingerprint density at radius 1 is 1.15 bits per heavy atom. The first-order valence-electron chi connectivity index (χ1n) is 9.59. The fourth-order valence-corrected chi connectivity index (χ4v) is 4.13. The minimum atomic E-state index is -0.866. The van der Waals surface area contributed by atoms with Gasteiger partial charge in [-0.2, -0.15) is 5.10 Å². The molecule has 6 heteroatoms. The first-order chi connectivity index (χ1) is 12.9. The maximum Gasteiger partial charge on any atom is 0.311 e. The van der Waals surface area contributed by atoms with Gasteiger partial charge in [0.2, 0.25) is 0 Å². The summed E-state index contributed by atoms with van der Waals surface area (Å²) in [5.74, 6) is -0.978. The molecule has 1 aliphatic carbocycles. The third-order valence-corrected chi connectivity index (χ3v) is 5.94. The smallest absolute Gasteiger partial charge is 0.311 e. The standard InChI is InChI=1S/C21H25N3O3/c1-14-7-9-15(10-8-14)24-17-6-4-3-5-16(17)18(22-24)19(25)23-12-11-21(2,13-23)20(26)27/h7-10H,3-6,11-13H2,1-2H3,(H,26,27). The van der Waals surface area contributed by atoms with Gasteiger partial charge in [-0.1, -0.05) is 17.7 Å². The van der Waals surface area contributed by atoms with Crippen LogP contribution in [-0.4, -0.2) is 44.8 Å². The van der Waals surface area contributed by atoms with Crippen molar-refractivity contribution >= 4 is 11.9 Å². The zero-order valence-corrected chi connectivity index (χ0v) is 15.9. The first-order valence-corrected chi connectivity index (χ1v) is 9.59. The molecule has 0 spiro atoms. The lowest BCUT2D eigenvalue weighted by Gasteiger charge is -2.20. The summed E-state index contributed by atoms with van der Waals surface area (Å²) in [5, 5.41) is 14.2. The van der Waals surface area contributed by atoms with Gasteiger partial charge >= 0.3 is 5.97 Å². The summed E-state index contributed by atoms with van der Waals surface area (Å²) in [6.45, 7) is 4.47. The van der Waals surface area contributed by atoms with Gasteiger partial charge in [-0.05, 0) is 58.1 Å². The Labute approximate surface area is 158 Å². The van der Waals surface area contributed by atoms with Crippen LogP contribution in [0, 0.1) is 12.3 Å². The number of carbonyl (C=O) groups is 2. The van der Waals surface area contributed by atoms with Gasteiger partial charge < -0.3 is 10.0 Å². The molecule has 1 aliphatic heterocycles. The number of likely N-dealkylation sites (tertiary alicyclic amines) is 1. The van der Waals surface area contributed by atoms with Gasteiger partial charge in [0.15, 0.2) is 5.69 Å². The molecule has 1 aromatic heterocycles. The van der Waals surface area contributed by atoms with Gasteiger partial charge in [-0.3, -0.25) is 9.59 Å². The Morgan fingerprint density at radius 2 is 1.85 bits per heavy atom. The van der Waals surface area contributed by atoms with Crippen LogP contribution in [-0.2, 0) is 17.6 Å². The highest BCUT2D eigenvalue weighted by Crippen LogP contribution is 2.33. The molecule has 2 heterocycles. The number of benzene rings is 1. The number of carboxylic acids is 1. The SMILES string of the molecule is Cc1ccc(-n2nc(C(=O)N3CCC(C)(C(=O)O)C3)c3c2CCCC3)cc1. The second kappa shape index (κ2) is 6.51. The Hall–Kier alpha value is -2.63. The van der Waals surface area contributed by atoms with E-state index in [2.05, 4.69) is 0 Å². The Balaban J connectivity index is 1.70. The molecule has 142 valence electrons. The van der Waals surface area contributed by atoms with Crippen LogP contribution >= 0.6 is 0 Å². The van der Waals surface area contributed by atoms with Crippen LogP contribution in [0.1, 0.15) is 53.5 Å². The summed E-state index contributed by atoms with van der Waals surface area (Å²) in [6, 6.07) is 8.16. The van der Waals surface area contributed by atoms with E-state index in [1.54, 1.807) is 11.8 Å². The third-order valence-electron chi connectivity index (χ3n) is 5.94. The molecule has 1 atom stereocenters. The Morgan fingerprint density at radius 3 is 2.52 bits per heavy atom. The monoisotopic (exact) mass is 367 g/mol. The van der Waals surface area contributed by atoms with Crippen LogP contribution in [0.4, 0.5) is 0 Å². The van der Waals surface area contributed by atoms with E-state index in [0.29, 0.717) is 18.7 Å². The average molecular weight is 367 g/mol. The second-order valence-corrected chi connectivity index (χ2v) is 8.07. The van der Waals surface area contributed by atoms with Crippen molar-refractivity contribution in [2.75, 3.05) is 13.1 Å². The van der Waals surface area contributed by atoms with Crippen molar-refractivity contribution in [2.45, 2.75) is 46.0 Å². The van der Waals surface area contributed by atoms with Crippen molar-refractivity contribution < 1.29 is 14.7 Å². The molecule has 1 unspecified atom stereocenters. The Bertz CT molecular complexity index is 900. The Kier molecular flexibility index (Phi) is 4.29. The maximum atomic E-state index is 13.2. The molecule has 2 aliphatic rings. The van der Waals surface area contributed by atoms with Crippen molar-refractivity contribution in [1.82, 2.24) is 14.7 Å². The highest BCUT2D eigenvalue weighted by atomic mass is 16.4. The predicted molar refractivity (Wildman–Crippen MR) is 101 cm³/mol. The summed E-state index contributed by atoms with van der Waals surface area (Å²) in [7, 11) is 0. The number of hydrogen-bond donors (Lipinski definition) is 1. The predicted octanol–water partition coefficient (Wildman–Crippen LogP) is 3.00. The van der Waals surface area contributed by atoms with Crippen molar-refractivity contribution in [2.24, 2.45) is 5.41 Å². The lowest BCUT2D eigenvalue weighted by molar-refractivity contribution is -0.147. The van der Waals surface area contributed by atoms with Crippen molar-refractivity contribution in [3.63, 3.8) is 0 Å². The number of amides is 1. The minimum absolute atomic E-state index is 0.135. The molecule has 1 amide bonds. The number of fused-ring (bicyclic) bond motifs is 1. The zero-order valence-electron chi connectivity index (χ0n) is 15.9. The molecule has 0 radical (unpaired) electrons. The van der Waals surface area contributed by atoms with Crippen LogP contribution in [0.5, 0.6) is 0 Å². The molecule has 27 heavy (non-hydrogen) atoms. The molecule has 1 fully saturated rings. The molecule has 1 aromatic carbocycles. The maximum absolute atomic E-state index is 13.2. The van der Waals surface area contributed by atoms with E-state index in [1.807, 2.05) is 35.9 Å². The number of carbonyl (C=O) groups excluding carboxylic acids is 1. The normalized spacial score (nSPS) is 21.9. The van der Waals surface area contributed by atoms with E-state index in [0.717, 1.165) is 42.6 Å². The number of carboxylic acid groups (broad SMARTS) is 1. The fourth-order valence-electron chi connectivity index (χ4n) is 4.13.